The fourth-order valence-corrected chi connectivity index (χ4v) is 5.74. The van der Waals surface area contributed by atoms with Crippen LogP contribution in [0.2, 0.25) is 0 Å². The van der Waals surface area contributed by atoms with Crippen molar-refractivity contribution >= 4 is 9.84 Å². The molecule has 1 aliphatic rings. The predicted octanol–water partition coefficient (Wildman–Crippen LogP) is 1.60. The first-order valence-electron chi connectivity index (χ1n) is 7.13. The van der Waals surface area contributed by atoms with Crippen molar-refractivity contribution in [2.45, 2.75) is 16.1 Å². The highest BCUT2D eigenvalue weighted by atomic mass is 32.2. The lowest BCUT2D eigenvalue weighted by Crippen LogP contribution is -2.22. The minimum atomic E-state index is -3.61. The first-order chi connectivity index (χ1) is 10.6. The van der Waals surface area contributed by atoms with Gasteiger partial charge in [-0.1, -0.05) is 48.5 Å². The Balaban J connectivity index is 2.06. The summed E-state index contributed by atoms with van der Waals surface area (Å²) in [6.45, 7) is -0.723. The molecule has 1 fully saturated rings. The molecule has 0 bridgehead atoms. The van der Waals surface area contributed by atoms with Gasteiger partial charge in [-0.3, -0.25) is 0 Å². The van der Waals surface area contributed by atoms with Crippen LogP contribution in [-0.2, 0) is 9.84 Å². The third-order valence-electron chi connectivity index (χ3n) is 4.53. The van der Waals surface area contributed by atoms with Gasteiger partial charge >= 0.3 is 0 Å². The second kappa shape index (κ2) is 5.50. The van der Waals surface area contributed by atoms with E-state index in [1.807, 2.05) is 30.3 Å². The summed E-state index contributed by atoms with van der Waals surface area (Å²) in [5.74, 6) is -0.395. The van der Waals surface area contributed by atoms with Crippen molar-refractivity contribution in [2.75, 3.05) is 13.2 Å². The number of sulfone groups is 1. The van der Waals surface area contributed by atoms with E-state index < -0.39 is 26.4 Å². The molecule has 1 saturated carbocycles. The maximum Gasteiger partial charge on any atom is 0.182 e. The number of aliphatic hydroxyl groups excluding tert-OH is 2. The molecule has 4 nitrogen and oxygen atoms in total. The van der Waals surface area contributed by atoms with Crippen molar-refractivity contribution in [3.05, 3.63) is 66.2 Å². The molecule has 2 aromatic rings. The standard InChI is InChI=1S/C17H18O4S/c18-11-17(12-19)15(13-7-3-1-4-8-13)16(17)22(20,21)14-9-5-2-6-10-14/h1-10,15-16,18-19H,11-12H2/t15-,16-/m1/s1. The van der Waals surface area contributed by atoms with E-state index in [0.29, 0.717) is 0 Å². The zero-order chi connectivity index (χ0) is 15.8. The summed E-state index contributed by atoms with van der Waals surface area (Å²) in [4.78, 5) is 0.227. The molecule has 2 atom stereocenters. The van der Waals surface area contributed by atoms with E-state index in [1.165, 1.54) is 0 Å². The van der Waals surface area contributed by atoms with Crippen LogP contribution in [0.25, 0.3) is 0 Å². The van der Waals surface area contributed by atoms with Crippen LogP contribution in [-0.4, -0.2) is 37.1 Å². The zero-order valence-electron chi connectivity index (χ0n) is 12.0. The average Bonchev–Trinajstić information content (AvgIpc) is 3.27. The van der Waals surface area contributed by atoms with Crippen LogP contribution < -0.4 is 0 Å². The lowest BCUT2D eigenvalue weighted by Gasteiger charge is -2.11. The van der Waals surface area contributed by atoms with Gasteiger partial charge in [-0.2, -0.15) is 0 Å². The van der Waals surface area contributed by atoms with E-state index in [2.05, 4.69) is 0 Å². The molecule has 0 amide bonds. The predicted molar refractivity (Wildman–Crippen MR) is 83.2 cm³/mol. The maximum atomic E-state index is 12.9. The molecule has 2 N–H and O–H groups in total. The second-order valence-corrected chi connectivity index (χ2v) is 7.79. The molecular weight excluding hydrogens is 300 g/mol. The Labute approximate surface area is 130 Å². The minimum absolute atomic E-state index is 0.227. The monoisotopic (exact) mass is 318 g/mol. The van der Waals surface area contributed by atoms with E-state index in [1.54, 1.807) is 30.3 Å². The van der Waals surface area contributed by atoms with Crippen molar-refractivity contribution in [3.8, 4) is 0 Å². The molecular formula is C17H18O4S. The summed E-state index contributed by atoms with van der Waals surface area (Å²) in [5, 5.41) is 18.7. The van der Waals surface area contributed by atoms with Gasteiger partial charge in [0.2, 0.25) is 0 Å². The quantitative estimate of drug-likeness (QED) is 0.878. The number of aliphatic hydroxyl groups is 2. The summed E-state index contributed by atoms with van der Waals surface area (Å²) in [6.07, 6.45) is 0. The number of rotatable bonds is 5. The highest BCUT2D eigenvalue weighted by molar-refractivity contribution is 7.92. The molecule has 0 saturated heterocycles. The summed E-state index contributed by atoms with van der Waals surface area (Å²) in [6, 6.07) is 17.4. The Morgan fingerprint density at radius 3 is 1.86 bits per heavy atom. The van der Waals surface area contributed by atoms with E-state index in [4.69, 9.17) is 0 Å². The number of benzene rings is 2. The van der Waals surface area contributed by atoms with Crippen molar-refractivity contribution in [1.29, 1.82) is 0 Å². The fraction of sp³-hybridized carbons (Fsp3) is 0.294. The molecule has 0 radical (unpaired) electrons. The highest BCUT2D eigenvalue weighted by Crippen LogP contribution is 2.63. The normalized spacial score (nSPS) is 23.2. The van der Waals surface area contributed by atoms with Gasteiger partial charge < -0.3 is 10.2 Å². The zero-order valence-corrected chi connectivity index (χ0v) is 12.8. The van der Waals surface area contributed by atoms with Gasteiger partial charge in [-0.25, -0.2) is 8.42 Å². The van der Waals surface area contributed by atoms with Crippen LogP contribution in [0.1, 0.15) is 11.5 Å². The molecule has 0 aliphatic heterocycles. The third-order valence-corrected chi connectivity index (χ3v) is 6.87. The summed E-state index contributed by atoms with van der Waals surface area (Å²) in [7, 11) is -3.61. The first kappa shape index (κ1) is 15.2. The van der Waals surface area contributed by atoms with Crippen LogP contribution in [0.3, 0.4) is 0 Å². The Bertz CT molecular complexity index is 737. The van der Waals surface area contributed by atoms with E-state index in [-0.39, 0.29) is 18.1 Å². The smallest absolute Gasteiger partial charge is 0.182 e. The average molecular weight is 318 g/mol. The van der Waals surface area contributed by atoms with Gasteiger partial charge in [0.15, 0.2) is 9.84 Å². The molecule has 0 aromatic heterocycles. The number of hydrogen-bond donors (Lipinski definition) is 2. The van der Waals surface area contributed by atoms with Gasteiger partial charge in [0.25, 0.3) is 0 Å². The molecule has 0 heterocycles. The van der Waals surface area contributed by atoms with Gasteiger partial charge in [0.1, 0.15) is 0 Å². The minimum Gasteiger partial charge on any atom is -0.396 e. The SMILES string of the molecule is O=S(=O)(c1ccccc1)[C@@H]1[C@@H](c2ccccc2)C1(CO)CO. The molecule has 0 unspecified atom stereocenters. The van der Waals surface area contributed by atoms with Crippen LogP contribution in [0.4, 0.5) is 0 Å². The van der Waals surface area contributed by atoms with Gasteiger partial charge in [-0.05, 0) is 17.7 Å². The van der Waals surface area contributed by atoms with Gasteiger partial charge in [0.05, 0.1) is 23.4 Å². The van der Waals surface area contributed by atoms with E-state index in [9.17, 15) is 18.6 Å². The van der Waals surface area contributed by atoms with Crippen LogP contribution >= 0.6 is 0 Å². The third kappa shape index (κ3) is 2.17. The molecule has 5 heteroatoms. The van der Waals surface area contributed by atoms with Gasteiger partial charge in [0, 0.05) is 11.3 Å². The van der Waals surface area contributed by atoms with Crippen molar-refractivity contribution < 1.29 is 18.6 Å². The first-order valence-corrected chi connectivity index (χ1v) is 8.68. The van der Waals surface area contributed by atoms with Crippen LogP contribution in [0.5, 0.6) is 0 Å². The van der Waals surface area contributed by atoms with E-state index in [0.717, 1.165) is 5.56 Å². The lowest BCUT2D eigenvalue weighted by atomic mass is 10.0. The summed E-state index contributed by atoms with van der Waals surface area (Å²) in [5.41, 5.74) is -0.189. The largest absolute Gasteiger partial charge is 0.396 e. The van der Waals surface area contributed by atoms with Crippen molar-refractivity contribution in [3.63, 3.8) is 0 Å². The van der Waals surface area contributed by atoms with E-state index >= 15 is 0 Å². The van der Waals surface area contributed by atoms with Crippen molar-refractivity contribution in [2.24, 2.45) is 5.41 Å². The molecule has 3 rings (SSSR count). The highest BCUT2D eigenvalue weighted by Gasteiger charge is 2.70. The van der Waals surface area contributed by atoms with Crippen molar-refractivity contribution in [1.82, 2.24) is 0 Å². The molecule has 0 spiro atoms. The van der Waals surface area contributed by atoms with Gasteiger partial charge in [-0.15, -0.1) is 0 Å². The maximum absolute atomic E-state index is 12.9. The Morgan fingerprint density at radius 1 is 0.864 bits per heavy atom. The second-order valence-electron chi connectivity index (χ2n) is 5.72. The lowest BCUT2D eigenvalue weighted by molar-refractivity contribution is 0.130. The fourth-order valence-electron chi connectivity index (χ4n) is 3.29. The molecule has 22 heavy (non-hydrogen) atoms. The Kier molecular flexibility index (Phi) is 3.80. The molecule has 116 valence electrons. The molecule has 2 aromatic carbocycles. The summed E-state index contributed by atoms with van der Waals surface area (Å²) < 4.78 is 25.8. The van der Waals surface area contributed by atoms with Crippen LogP contribution in [0, 0.1) is 5.41 Å². The number of hydrogen-bond acceptors (Lipinski definition) is 4. The topological polar surface area (TPSA) is 74.6 Å². The van der Waals surface area contributed by atoms with Crippen LogP contribution in [0.15, 0.2) is 65.6 Å². The Morgan fingerprint density at radius 2 is 1.36 bits per heavy atom. The Hall–Kier alpha value is -1.69. The molecule has 1 aliphatic carbocycles. The summed E-state index contributed by atoms with van der Waals surface area (Å²) >= 11 is 0.